The second-order valence-electron chi connectivity index (χ2n) is 5.04. The summed E-state index contributed by atoms with van der Waals surface area (Å²) in [4.78, 5) is 11.7. The van der Waals surface area contributed by atoms with E-state index in [4.69, 9.17) is 11.6 Å². The maximum atomic E-state index is 13.0. The number of rotatable bonds is 4. The third kappa shape index (κ3) is 5.29. The Balaban J connectivity index is 2.00. The van der Waals surface area contributed by atoms with Gasteiger partial charge in [0.2, 0.25) is 5.91 Å². The lowest BCUT2D eigenvalue weighted by molar-refractivity contribution is -0.137. The van der Waals surface area contributed by atoms with Crippen LogP contribution in [0, 0.1) is 11.6 Å². The lowest BCUT2D eigenvalue weighted by Gasteiger charge is -2.11. The fourth-order valence-electron chi connectivity index (χ4n) is 1.94. The minimum Gasteiger partial charge on any atom is -0.348 e. The molecule has 8 heteroatoms. The number of halogens is 6. The second-order valence-corrected chi connectivity index (χ2v) is 5.44. The average Bonchev–Trinajstić information content (AvgIpc) is 2.54. The highest BCUT2D eigenvalue weighted by atomic mass is 35.5. The number of nitrogens with one attached hydrogen (secondary N) is 1. The van der Waals surface area contributed by atoms with Gasteiger partial charge in [0.15, 0.2) is 11.6 Å². The molecule has 0 heterocycles. The van der Waals surface area contributed by atoms with E-state index < -0.39 is 34.3 Å². The molecule has 2 aromatic carbocycles. The minimum absolute atomic E-state index is 0.152. The SMILES string of the molecule is O=C(/C=C/c1ccc(F)c(F)c1)NCc1ccc(Cl)c(C(F)(F)F)c1. The Hall–Kier alpha value is -2.41. The molecule has 0 unspecified atom stereocenters. The molecule has 0 aromatic heterocycles. The van der Waals surface area contributed by atoms with Crippen LogP contribution in [0.15, 0.2) is 42.5 Å². The van der Waals surface area contributed by atoms with Crippen LogP contribution in [0.3, 0.4) is 0 Å². The van der Waals surface area contributed by atoms with Gasteiger partial charge in [-0.25, -0.2) is 8.78 Å². The smallest absolute Gasteiger partial charge is 0.348 e. The van der Waals surface area contributed by atoms with Gasteiger partial charge in [0, 0.05) is 12.6 Å². The quantitative estimate of drug-likeness (QED) is 0.593. The Bertz CT molecular complexity index is 817. The Morgan fingerprint density at radius 1 is 1.08 bits per heavy atom. The van der Waals surface area contributed by atoms with E-state index >= 15 is 0 Å². The Kier molecular flexibility index (Phi) is 5.79. The van der Waals surface area contributed by atoms with Crippen molar-refractivity contribution in [3.63, 3.8) is 0 Å². The summed E-state index contributed by atoms with van der Waals surface area (Å²) in [6, 6.07) is 6.41. The molecule has 0 saturated carbocycles. The van der Waals surface area contributed by atoms with E-state index in [1.54, 1.807) is 0 Å². The molecule has 0 radical (unpaired) electrons. The van der Waals surface area contributed by atoms with Gasteiger partial charge in [-0.3, -0.25) is 4.79 Å². The predicted molar refractivity (Wildman–Crippen MR) is 83.7 cm³/mol. The predicted octanol–water partition coefficient (Wildman–Crippen LogP) is 4.97. The molecule has 0 fully saturated rings. The third-order valence-electron chi connectivity index (χ3n) is 3.17. The topological polar surface area (TPSA) is 29.1 Å². The van der Waals surface area contributed by atoms with Crippen LogP contribution in [0.25, 0.3) is 6.08 Å². The van der Waals surface area contributed by atoms with Crippen LogP contribution < -0.4 is 5.32 Å². The molecule has 2 nitrogen and oxygen atoms in total. The monoisotopic (exact) mass is 375 g/mol. The van der Waals surface area contributed by atoms with Gasteiger partial charge >= 0.3 is 6.18 Å². The zero-order valence-electron chi connectivity index (χ0n) is 12.5. The summed E-state index contributed by atoms with van der Waals surface area (Å²) in [6.07, 6.45) is -2.28. The molecule has 0 saturated heterocycles. The van der Waals surface area contributed by atoms with Gasteiger partial charge in [-0.1, -0.05) is 23.7 Å². The van der Waals surface area contributed by atoms with E-state index in [1.165, 1.54) is 18.2 Å². The largest absolute Gasteiger partial charge is 0.417 e. The van der Waals surface area contributed by atoms with Crippen LogP contribution in [0.2, 0.25) is 5.02 Å². The molecule has 132 valence electrons. The highest BCUT2D eigenvalue weighted by Crippen LogP contribution is 2.35. The van der Waals surface area contributed by atoms with Crippen molar-refractivity contribution in [2.45, 2.75) is 12.7 Å². The summed E-state index contributed by atoms with van der Waals surface area (Å²) in [5.41, 5.74) is -0.510. The first-order valence-corrected chi connectivity index (χ1v) is 7.31. The second kappa shape index (κ2) is 7.65. The van der Waals surface area contributed by atoms with Crippen molar-refractivity contribution in [1.29, 1.82) is 0 Å². The number of carbonyl (C=O) groups excluding carboxylic acids is 1. The van der Waals surface area contributed by atoms with E-state index in [9.17, 15) is 26.7 Å². The number of alkyl halides is 3. The van der Waals surface area contributed by atoms with Gasteiger partial charge in [-0.05, 0) is 41.5 Å². The van der Waals surface area contributed by atoms with E-state index in [2.05, 4.69) is 5.32 Å². The standard InChI is InChI=1S/C17H11ClF5NO/c18-13-4-1-11(7-12(13)17(21,22)23)9-24-16(25)6-3-10-2-5-14(19)15(20)8-10/h1-8H,9H2,(H,24,25)/b6-3+. The Morgan fingerprint density at radius 2 is 1.80 bits per heavy atom. The minimum atomic E-state index is -4.59. The molecule has 25 heavy (non-hydrogen) atoms. The van der Waals surface area contributed by atoms with Crippen LogP contribution >= 0.6 is 11.6 Å². The maximum absolute atomic E-state index is 13.0. The van der Waals surface area contributed by atoms with Gasteiger partial charge in [-0.15, -0.1) is 0 Å². The van der Waals surface area contributed by atoms with E-state index in [1.807, 2.05) is 0 Å². The van der Waals surface area contributed by atoms with Crippen LogP contribution in [0.4, 0.5) is 22.0 Å². The van der Waals surface area contributed by atoms with Crippen LogP contribution in [-0.4, -0.2) is 5.91 Å². The molecular formula is C17H11ClF5NO. The Labute approximate surface area is 144 Å². The van der Waals surface area contributed by atoms with Gasteiger partial charge in [0.1, 0.15) is 0 Å². The van der Waals surface area contributed by atoms with Crippen molar-refractivity contribution in [2.75, 3.05) is 0 Å². The van der Waals surface area contributed by atoms with Gasteiger partial charge in [0.25, 0.3) is 0 Å². The van der Waals surface area contributed by atoms with Crippen molar-refractivity contribution < 1.29 is 26.7 Å². The molecule has 0 bridgehead atoms. The maximum Gasteiger partial charge on any atom is 0.417 e. The zero-order chi connectivity index (χ0) is 18.6. The van der Waals surface area contributed by atoms with Gasteiger partial charge in [-0.2, -0.15) is 13.2 Å². The zero-order valence-corrected chi connectivity index (χ0v) is 13.3. The molecular weight excluding hydrogens is 365 g/mol. The highest BCUT2D eigenvalue weighted by Gasteiger charge is 2.33. The molecule has 0 spiro atoms. The number of carbonyl (C=O) groups is 1. The summed E-state index contributed by atoms with van der Waals surface area (Å²) in [6.45, 7) is -0.152. The first kappa shape index (κ1) is 18.9. The molecule has 0 atom stereocenters. The molecule has 1 amide bonds. The summed E-state index contributed by atoms with van der Waals surface area (Å²) in [7, 11) is 0. The van der Waals surface area contributed by atoms with Crippen LogP contribution in [-0.2, 0) is 17.5 Å². The molecule has 0 aliphatic carbocycles. The molecule has 0 aliphatic heterocycles. The summed E-state index contributed by atoms with van der Waals surface area (Å²) in [5.74, 6) is -2.67. The third-order valence-corrected chi connectivity index (χ3v) is 3.50. The van der Waals surface area contributed by atoms with E-state index in [0.717, 1.165) is 30.3 Å². The van der Waals surface area contributed by atoms with Crippen molar-refractivity contribution in [1.82, 2.24) is 5.32 Å². The lowest BCUT2D eigenvalue weighted by atomic mass is 10.1. The summed E-state index contributed by atoms with van der Waals surface area (Å²) >= 11 is 5.51. The summed E-state index contributed by atoms with van der Waals surface area (Å²) < 4.78 is 64.1. The van der Waals surface area contributed by atoms with E-state index in [-0.39, 0.29) is 17.7 Å². The normalized spacial score (nSPS) is 11.8. The fourth-order valence-corrected chi connectivity index (χ4v) is 2.16. The van der Waals surface area contributed by atoms with Crippen molar-refractivity contribution in [3.8, 4) is 0 Å². The average molecular weight is 376 g/mol. The van der Waals surface area contributed by atoms with Gasteiger partial charge < -0.3 is 5.32 Å². The van der Waals surface area contributed by atoms with Crippen LogP contribution in [0.5, 0.6) is 0 Å². The number of benzene rings is 2. The molecule has 2 aromatic rings. The number of amides is 1. The summed E-state index contributed by atoms with van der Waals surface area (Å²) in [5, 5.41) is 1.96. The van der Waals surface area contributed by atoms with Crippen LogP contribution in [0.1, 0.15) is 16.7 Å². The fraction of sp³-hybridized carbons (Fsp3) is 0.118. The van der Waals surface area contributed by atoms with Crippen molar-refractivity contribution in [2.24, 2.45) is 0 Å². The molecule has 1 N–H and O–H groups in total. The van der Waals surface area contributed by atoms with Gasteiger partial charge in [0.05, 0.1) is 10.6 Å². The lowest BCUT2D eigenvalue weighted by Crippen LogP contribution is -2.20. The van der Waals surface area contributed by atoms with Crippen molar-refractivity contribution in [3.05, 3.63) is 75.8 Å². The van der Waals surface area contributed by atoms with E-state index in [0.29, 0.717) is 0 Å². The van der Waals surface area contributed by atoms with Crippen molar-refractivity contribution >= 4 is 23.6 Å². The number of hydrogen-bond acceptors (Lipinski definition) is 1. The first-order valence-electron chi connectivity index (χ1n) is 6.93. The highest BCUT2D eigenvalue weighted by molar-refractivity contribution is 6.31. The molecule has 0 aliphatic rings. The number of hydrogen-bond donors (Lipinski definition) is 1. The molecule has 2 rings (SSSR count). The first-order chi connectivity index (χ1) is 11.7. The Morgan fingerprint density at radius 3 is 2.44 bits per heavy atom.